The Morgan fingerprint density at radius 1 is 0.216 bits per heavy atom. The maximum Gasteiger partial charge on any atom is 0.0465 e. The number of hydrogen-bond acceptors (Lipinski definition) is 2. The molecular formula is C123H154N2. The average Bonchev–Trinajstić information content (AvgIpc) is 1.57. The summed E-state index contributed by atoms with van der Waals surface area (Å²) < 4.78 is 0. The molecule has 0 saturated heterocycles. The Morgan fingerprint density at radius 3 is 0.776 bits per heavy atom. The number of fused-ring (bicyclic) bond motifs is 10. The number of nitrogens with zero attached hydrogens (tertiary/aromatic N) is 2. The van der Waals surface area contributed by atoms with Gasteiger partial charge in [-0.1, -0.05) is 432 Å². The van der Waals surface area contributed by atoms with E-state index in [-0.39, 0.29) is 16.2 Å². The van der Waals surface area contributed by atoms with Crippen molar-refractivity contribution >= 4 is 34.1 Å². The molecule has 0 aliphatic heterocycles. The molecule has 0 saturated carbocycles. The number of anilines is 6. The molecule has 0 amide bonds. The second-order valence-electron chi connectivity index (χ2n) is 39.1. The van der Waals surface area contributed by atoms with Crippen molar-refractivity contribution in [2.45, 2.75) is 366 Å². The van der Waals surface area contributed by atoms with Crippen LogP contribution >= 0.6 is 0 Å². The van der Waals surface area contributed by atoms with Gasteiger partial charge in [-0.3, -0.25) is 0 Å². The molecule has 0 radical (unpaired) electrons. The van der Waals surface area contributed by atoms with Crippen molar-refractivity contribution in [3.8, 4) is 66.8 Å². The predicted octanol–water partition coefficient (Wildman–Crippen LogP) is 38.5. The normalized spacial score (nSPS) is 14.1. The van der Waals surface area contributed by atoms with E-state index in [1.807, 2.05) is 0 Å². The summed E-state index contributed by atoms with van der Waals surface area (Å²) in [4.78, 5) is 5.15. The van der Waals surface area contributed by atoms with Gasteiger partial charge in [-0.25, -0.2) is 0 Å². The third-order valence-electron chi connectivity index (χ3n) is 30.7. The predicted molar refractivity (Wildman–Crippen MR) is 545 cm³/mol. The first-order valence-corrected chi connectivity index (χ1v) is 51.5. The zero-order valence-electron chi connectivity index (χ0n) is 78.8. The van der Waals surface area contributed by atoms with E-state index in [2.05, 4.69) is 302 Å². The first-order chi connectivity index (χ1) is 61.6. The van der Waals surface area contributed by atoms with Gasteiger partial charge in [0.2, 0.25) is 0 Å². The molecule has 0 aromatic heterocycles. The Labute approximate surface area is 758 Å². The van der Waals surface area contributed by atoms with Gasteiger partial charge in [0, 0.05) is 50.4 Å². The highest BCUT2D eigenvalue weighted by molar-refractivity contribution is 5.91. The largest absolute Gasteiger partial charge is 0.310 e. The number of hydrogen-bond donors (Lipinski definition) is 0. The molecule has 11 aromatic carbocycles. The Kier molecular flexibility index (Phi) is 32.4. The minimum atomic E-state index is -0.152. The van der Waals surface area contributed by atoms with E-state index in [4.69, 9.17) is 0 Å². The average molecular weight is 1660 g/mol. The standard InChI is InChI=1S/C123H154N2/c1-9-16-22-28-34-46-80-121(81-47-35-29-23-17-10-2)116-88-100(65-75-110(116)111-77-67-102(90-118(111)121)99-59-57-94-56-58-98(94)86-99)95-60-68-106(69-61-95)125(104-54-44-41-45-55-104)108-73-79-114-112-76-66-101(89-117(112)123(120(114)92-108,84-50-38-32-26-20-13-5)85-51-39-33-27-21-14-6)96-62-70-105(71-63-96)124(103-52-42-40-43-53-103)107-72-78-113-109-74-64-97(93(8)15-7)87-115(109)122(119(113)91-107,82-48-36-30-24-18-11-3)83-49-37-31-25-19-12-4/h40-45,52-55,57,59-79,86-93H,9-39,46-51,56,58,80-85H2,1-8H3. The number of para-hydroxylation sites is 2. The van der Waals surface area contributed by atoms with Crippen LogP contribution in [-0.4, -0.2) is 0 Å². The van der Waals surface area contributed by atoms with Crippen molar-refractivity contribution in [3.05, 3.63) is 287 Å². The monoisotopic (exact) mass is 1660 g/mol. The highest BCUT2D eigenvalue weighted by atomic mass is 15.1. The first kappa shape index (κ1) is 90.8. The highest BCUT2D eigenvalue weighted by Crippen LogP contribution is 2.61. The van der Waals surface area contributed by atoms with Crippen molar-refractivity contribution in [1.82, 2.24) is 0 Å². The molecule has 1 atom stereocenters. The van der Waals surface area contributed by atoms with Crippen LogP contribution < -0.4 is 9.80 Å². The van der Waals surface area contributed by atoms with E-state index in [9.17, 15) is 0 Å². The van der Waals surface area contributed by atoms with Crippen LogP contribution in [0.25, 0.3) is 66.8 Å². The summed E-state index contributed by atoms with van der Waals surface area (Å²) in [5.74, 6) is 0.527. The van der Waals surface area contributed by atoms with E-state index in [0.29, 0.717) is 5.92 Å². The van der Waals surface area contributed by atoms with Crippen LogP contribution in [0.2, 0.25) is 0 Å². The van der Waals surface area contributed by atoms with Crippen LogP contribution in [0.3, 0.4) is 0 Å². The quantitative estimate of drug-likeness (QED) is 0.0351. The lowest BCUT2D eigenvalue weighted by Gasteiger charge is -2.34. The maximum atomic E-state index is 2.69. The Balaban J connectivity index is 0.782. The summed E-state index contributed by atoms with van der Waals surface area (Å²) in [5, 5.41) is 0. The Hall–Kier alpha value is -8.98. The van der Waals surface area contributed by atoms with Crippen LogP contribution in [-0.2, 0) is 29.1 Å². The third kappa shape index (κ3) is 20.6. The van der Waals surface area contributed by atoms with Crippen LogP contribution in [0, 0.1) is 0 Å². The van der Waals surface area contributed by atoms with Gasteiger partial charge in [-0.15, -0.1) is 0 Å². The molecule has 0 heterocycles. The zero-order valence-corrected chi connectivity index (χ0v) is 78.8. The van der Waals surface area contributed by atoms with Crippen molar-refractivity contribution in [2.24, 2.45) is 0 Å². The summed E-state index contributed by atoms with van der Waals surface area (Å²) in [5.41, 5.74) is 37.7. The van der Waals surface area contributed by atoms with E-state index in [1.54, 1.807) is 33.4 Å². The minimum Gasteiger partial charge on any atom is -0.310 e. The summed E-state index contributed by atoms with van der Waals surface area (Å²) in [6.07, 6.45) is 57.6. The molecule has 4 aliphatic rings. The van der Waals surface area contributed by atoms with Crippen LogP contribution in [0.5, 0.6) is 0 Å². The molecule has 1 unspecified atom stereocenters. The van der Waals surface area contributed by atoms with E-state index >= 15 is 0 Å². The summed E-state index contributed by atoms with van der Waals surface area (Å²) in [6, 6.07) is 95.6. The fourth-order valence-corrected chi connectivity index (χ4v) is 23.1. The number of rotatable bonds is 53. The topological polar surface area (TPSA) is 6.48 Å². The fraction of sp³-hybridized carbons (Fsp3) is 0.463. The lowest BCUT2D eigenvalue weighted by molar-refractivity contribution is 0.397. The Morgan fingerprint density at radius 2 is 0.464 bits per heavy atom. The second kappa shape index (κ2) is 44.6. The van der Waals surface area contributed by atoms with Crippen molar-refractivity contribution < 1.29 is 0 Å². The molecule has 11 aromatic rings. The lowest BCUT2D eigenvalue weighted by Crippen LogP contribution is -2.26. The van der Waals surface area contributed by atoms with Gasteiger partial charge in [0.15, 0.2) is 0 Å². The molecule has 0 N–H and O–H groups in total. The number of benzene rings is 11. The minimum absolute atomic E-state index is 0.0310. The molecule has 125 heavy (non-hydrogen) atoms. The van der Waals surface area contributed by atoms with E-state index in [1.165, 1.54) is 387 Å². The van der Waals surface area contributed by atoms with E-state index in [0.717, 1.165) is 19.3 Å². The van der Waals surface area contributed by atoms with Gasteiger partial charge in [-0.05, 0) is 272 Å². The van der Waals surface area contributed by atoms with Crippen molar-refractivity contribution in [3.63, 3.8) is 0 Å². The summed E-state index contributed by atoms with van der Waals surface area (Å²) in [6.45, 7) is 18.9. The lowest BCUT2D eigenvalue weighted by atomic mass is 9.70. The molecule has 656 valence electrons. The number of unbranched alkanes of at least 4 members (excludes halogenated alkanes) is 30. The Bertz CT molecular complexity index is 5160. The molecule has 15 rings (SSSR count). The molecule has 2 heteroatoms. The molecule has 0 spiro atoms. The van der Waals surface area contributed by atoms with Crippen LogP contribution in [0.1, 0.15) is 387 Å². The van der Waals surface area contributed by atoms with Gasteiger partial charge in [0.1, 0.15) is 0 Å². The summed E-state index contributed by atoms with van der Waals surface area (Å²) in [7, 11) is 0. The first-order valence-electron chi connectivity index (χ1n) is 51.5. The SMILES string of the molecule is CCCCCCCCC1(CCCCCCCC)c2cc(-c3ccc(N(c4ccccc4)c4ccc5c(c4)C(CCCCCCCC)(CCCCCCCC)c4cc(-c6ccc(N(c7ccccc7)c7ccc8c(c7)C(CCCCCCCC)(CCCCCCCC)c7cc(C(C)CC)ccc7-8)cc6)ccc4-5)cc3)ccc2-c2ccc(-c3ccc4c(c3)CC4)cc21. The molecule has 0 fully saturated rings. The number of aryl methyl sites for hydroxylation is 2. The van der Waals surface area contributed by atoms with Crippen molar-refractivity contribution in [1.29, 1.82) is 0 Å². The zero-order chi connectivity index (χ0) is 86.2. The molecule has 0 bridgehead atoms. The molecular weight excluding hydrogens is 1510 g/mol. The van der Waals surface area contributed by atoms with Crippen molar-refractivity contribution in [2.75, 3.05) is 9.80 Å². The van der Waals surface area contributed by atoms with Gasteiger partial charge in [0.05, 0.1) is 0 Å². The third-order valence-corrected chi connectivity index (χ3v) is 30.7. The summed E-state index contributed by atoms with van der Waals surface area (Å²) >= 11 is 0. The molecule has 4 aliphatic carbocycles. The van der Waals surface area contributed by atoms with Crippen LogP contribution in [0.15, 0.2) is 237 Å². The van der Waals surface area contributed by atoms with Gasteiger partial charge in [0.25, 0.3) is 0 Å². The maximum absolute atomic E-state index is 2.69. The van der Waals surface area contributed by atoms with Crippen LogP contribution in [0.4, 0.5) is 34.1 Å². The molecule has 2 nitrogen and oxygen atoms in total. The van der Waals surface area contributed by atoms with Gasteiger partial charge < -0.3 is 9.80 Å². The smallest absolute Gasteiger partial charge is 0.0465 e. The van der Waals surface area contributed by atoms with E-state index < -0.39 is 0 Å². The van der Waals surface area contributed by atoms with Gasteiger partial charge >= 0.3 is 0 Å². The fourth-order valence-electron chi connectivity index (χ4n) is 23.1. The highest BCUT2D eigenvalue weighted by Gasteiger charge is 2.47. The second-order valence-corrected chi connectivity index (χ2v) is 39.1. The van der Waals surface area contributed by atoms with Gasteiger partial charge in [-0.2, -0.15) is 0 Å².